The molecule has 0 radical (unpaired) electrons. The van der Waals surface area contributed by atoms with Gasteiger partial charge in [0, 0.05) is 12.8 Å². The molecular weight excluding hydrogens is 315 g/mol. The lowest BCUT2D eigenvalue weighted by molar-refractivity contribution is 0.499. The molecule has 4 nitrogen and oxygen atoms in total. The van der Waals surface area contributed by atoms with Crippen molar-refractivity contribution in [3.63, 3.8) is 0 Å². The van der Waals surface area contributed by atoms with Gasteiger partial charge in [0.2, 0.25) is 0 Å². The number of halogens is 2. The van der Waals surface area contributed by atoms with Crippen LogP contribution in [0.5, 0.6) is 0 Å². The molecule has 1 aromatic heterocycles. The quantitative estimate of drug-likeness (QED) is 0.807. The van der Waals surface area contributed by atoms with E-state index in [1.807, 2.05) is 0 Å². The monoisotopic (exact) mass is 332 g/mol. The molecule has 0 aliphatic heterocycles. The lowest BCUT2D eigenvalue weighted by Crippen LogP contribution is -2.36. The van der Waals surface area contributed by atoms with Crippen LogP contribution in [0.2, 0.25) is 0 Å². The predicted molar refractivity (Wildman–Crippen MR) is 82.9 cm³/mol. The second kappa shape index (κ2) is 5.25. The van der Waals surface area contributed by atoms with Gasteiger partial charge in [0.1, 0.15) is 11.6 Å². The molecule has 1 unspecified atom stereocenters. The fourth-order valence-corrected chi connectivity index (χ4v) is 2.61. The summed E-state index contributed by atoms with van der Waals surface area (Å²) < 4.78 is 38.0. The van der Waals surface area contributed by atoms with Gasteiger partial charge in [-0.25, -0.2) is 17.8 Å². The molecular formula is C14H18ClFN2O2S. The summed E-state index contributed by atoms with van der Waals surface area (Å²) in [5.41, 5.74) is 1.15. The first-order valence-electron chi connectivity index (χ1n) is 6.52. The first kappa shape index (κ1) is 16.2. The van der Waals surface area contributed by atoms with Crippen LogP contribution < -0.4 is 0 Å². The van der Waals surface area contributed by atoms with Gasteiger partial charge in [0.15, 0.2) is 9.84 Å². The van der Waals surface area contributed by atoms with Gasteiger partial charge in [-0.05, 0) is 39.0 Å². The summed E-state index contributed by atoms with van der Waals surface area (Å²) in [6.45, 7) is 5.19. The van der Waals surface area contributed by atoms with Crippen molar-refractivity contribution in [2.75, 3.05) is 6.26 Å². The molecule has 0 N–H and O–H groups in total. The van der Waals surface area contributed by atoms with E-state index in [0.717, 1.165) is 0 Å². The van der Waals surface area contributed by atoms with Crippen LogP contribution in [0.3, 0.4) is 0 Å². The van der Waals surface area contributed by atoms with Crippen LogP contribution in [0.25, 0.3) is 11.0 Å². The third-order valence-corrected chi connectivity index (χ3v) is 5.97. The molecule has 0 saturated carbocycles. The van der Waals surface area contributed by atoms with Gasteiger partial charge in [-0.3, -0.25) is 0 Å². The fraction of sp³-hybridized carbons (Fsp3) is 0.500. The molecule has 1 aromatic carbocycles. The van der Waals surface area contributed by atoms with Crippen LogP contribution in [-0.4, -0.2) is 29.0 Å². The molecule has 0 amide bonds. The molecule has 0 aliphatic rings. The summed E-state index contributed by atoms with van der Waals surface area (Å²) in [6, 6.07) is 4.24. The van der Waals surface area contributed by atoms with E-state index in [2.05, 4.69) is 4.98 Å². The Bertz CT molecular complexity index is 782. The smallest absolute Gasteiger partial charge is 0.154 e. The van der Waals surface area contributed by atoms with Gasteiger partial charge in [-0.2, -0.15) is 0 Å². The summed E-state index contributed by atoms with van der Waals surface area (Å²) >= 11 is 6.14. The number of hydrogen-bond donors (Lipinski definition) is 0. The van der Waals surface area contributed by atoms with E-state index in [0.29, 0.717) is 16.9 Å². The number of nitrogens with zero attached hydrogens (tertiary/aromatic N) is 2. The zero-order valence-electron chi connectivity index (χ0n) is 12.4. The van der Waals surface area contributed by atoms with E-state index < -0.39 is 25.8 Å². The molecule has 0 fully saturated rings. The minimum atomic E-state index is -3.29. The highest BCUT2D eigenvalue weighted by molar-refractivity contribution is 7.92. The number of alkyl halides is 1. The molecule has 1 atom stereocenters. The number of rotatable bonds is 4. The van der Waals surface area contributed by atoms with E-state index in [1.54, 1.807) is 31.4 Å². The number of fused-ring (bicyclic) bond motifs is 1. The molecule has 2 aromatic rings. The minimum absolute atomic E-state index is 0.165. The molecule has 0 spiro atoms. The number of benzene rings is 1. The number of sulfone groups is 1. The Hall–Kier alpha value is -1.14. The van der Waals surface area contributed by atoms with Gasteiger partial charge in [-0.15, -0.1) is 11.6 Å². The average Bonchev–Trinajstić information content (AvgIpc) is 2.66. The van der Waals surface area contributed by atoms with E-state index in [9.17, 15) is 12.8 Å². The SMILES string of the molecule is CC(Cl)c1nc2ccc(F)cc2n1CC(C)(C)S(C)(=O)=O. The molecule has 116 valence electrons. The summed E-state index contributed by atoms with van der Waals surface area (Å²) in [5.74, 6) is 0.142. The molecule has 0 aliphatic carbocycles. The summed E-state index contributed by atoms with van der Waals surface area (Å²) in [4.78, 5) is 4.39. The van der Waals surface area contributed by atoms with Crippen molar-refractivity contribution in [3.05, 3.63) is 29.8 Å². The highest BCUT2D eigenvalue weighted by Gasteiger charge is 2.32. The zero-order chi connectivity index (χ0) is 16.0. The molecule has 2 rings (SSSR count). The Morgan fingerprint density at radius 3 is 2.57 bits per heavy atom. The van der Waals surface area contributed by atoms with Gasteiger partial charge in [0.25, 0.3) is 0 Å². The molecule has 1 heterocycles. The van der Waals surface area contributed by atoms with Crippen molar-refractivity contribution < 1.29 is 12.8 Å². The van der Waals surface area contributed by atoms with Gasteiger partial charge >= 0.3 is 0 Å². The second-order valence-corrected chi connectivity index (χ2v) is 9.14. The van der Waals surface area contributed by atoms with Crippen LogP contribution in [0.15, 0.2) is 18.2 Å². The third kappa shape index (κ3) is 3.06. The lowest BCUT2D eigenvalue weighted by atomic mass is 10.2. The van der Waals surface area contributed by atoms with Crippen LogP contribution >= 0.6 is 11.6 Å². The Balaban J connectivity index is 2.66. The van der Waals surface area contributed by atoms with E-state index in [1.165, 1.54) is 18.4 Å². The number of aromatic nitrogens is 2. The third-order valence-electron chi connectivity index (χ3n) is 3.64. The van der Waals surface area contributed by atoms with Crippen LogP contribution in [0.4, 0.5) is 4.39 Å². The second-order valence-electron chi connectivity index (χ2n) is 5.84. The van der Waals surface area contributed by atoms with Gasteiger partial charge in [0.05, 0.1) is 21.2 Å². The first-order chi connectivity index (χ1) is 9.53. The highest BCUT2D eigenvalue weighted by Crippen LogP contribution is 2.28. The Morgan fingerprint density at radius 1 is 1.43 bits per heavy atom. The zero-order valence-corrected chi connectivity index (χ0v) is 14.0. The number of imidazole rings is 1. The van der Waals surface area contributed by atoms with E-state index >= 15 is 0 Å². The standard InChI is InChI=1S/C14H18ClFN2O2S/c1-9(15)13-17-11-6-5-10(16)7-12(11)18(13)8-14(2,3)21(4,19)20/h5-7,9H,8H2,1-4H3. The number of hydrogen-bond acceptors (Lipinski definition) is 3. The summed E-state index contributed by atoms with van der Waals surface area (Å²) in [7, 11) is -3.29. The summed E-state index contributed by atoms with van der Waals surface area (Å²) in [6.07, 6.45) is 1.19. The van der Waals surface area contributed by atoms with Crippen molar-refractivity contribution in [1.29, 1.82) is 0 Å². The largest absolute Gasteiger partial charge is 0.325 e. The van der Waals surface area contributed by atoms with Crippen LogP contribution in [0, 0.1) is 5.82 Å². The fourth-order valence-electron chi connectivity index (χ4n) is 2.08. The van der Waals surface area contributed by atoms with Crippen LogP contribution in [0.1, 0.15) is 32.0 Å². The maximum atomic E-state index is 13.5. The van der Waals surface area contributed by atoms with Crippen molar-refractivity contribution >= 4 is 32.5 Å². The van der Waals surface area contributed by atoms with Gasteiger partial charge in [-0.1, -0.05) is 0 Å². The normalized spacial score (nSPS) is 14.6. The van der Waals surface area contributed by atoms with Gasteiger partial charge < -0.3 is 4.57 Å². The molecule has 21 heavy (non-hydrogen) atoms. The van der Waals surface area contributed by atoms with E-state index in [4.69, 9.17) is 11.6 Å². The van der Waals surface area contributed by atoms with Crippen molar-refractivity contribution in [1.82, 2.24) is 9.55 Å². The Morgan fingerprint density at radius 2 is 2.05 bits per heavy atom. The first-order valence-corrected chi connectivity index (χ1v) is 8.85. The van der Waals surface area contributed by atoms with Crippen molar-refractivity contribution in [2.24, 2.45) is 0 Å². The lowest BCUT2D eigenvalue weighted by Gasteiger charge is -2.25. The summed E-state index contributed by atoms with van der Waals surface area (Å²) in [5, 5.41) is -0.407. The molecule has 7 heteroatoms. The maximum absolute atomic E-state index is 13.5. The van der Waals surface area contributed by atoms with Crippen molar-refractivity contribution in [3.8, 4) is 0 Å². The van der Waals surface area contributed by atoms with Crippen molar-refractivity contribution in [2.45, 2.75) is 37.4 Å². The highest BCUT2D eigenvalue weighted by atomic mass is 35.5. The predicted octanol–water partition coefficient (Wildman–Crippen LogP) is 3.30. The Kier molecular flexibility index (Phi) is 4.06. The molecule has 0 bridgehead atoms. The van der Waals surface area contributed by atoms with E-state index in [-0.39, 0.29) is 6.54 Å². The topological polar surface area (TPSA) is 52.0 Å². The average molecular weight is 333 g/mol. The Labute approximate surface area is 128 Å². The van der Waals surface area contributed by atoms with Crippen LogP contribution in [-0.2, 0) is 16.4 Å². The minimum Gasteiger partial charge on any atom is -0.325 e. The maximum Gasteiger partial charge on any atom is 0.154 e. The molecule has 0 saturated heterocycles.